The number of benzene rings is 3. The lowest BCUT2D eigenvalue weighted by Crippen LogP contribution is -2.28. The van der Waals surface area contributed by atoms with Crippen molar-refractivity contribution in [2.24, 2.45) is 10.9 Å². The van der Waals surface area contributed by atoms with Crippen LogP contribution in [0.1, 0.15) is 30.5 Å². The molecule has 0 spiro atoms. The monoisotopic (exact) mass is 456 g/mol. The van der Waals surface area contributed by atoms with E-state index in [0.717, 1.165) is 27.6 Å². The zero-order chi connectivity index (χ0) is 23.0. The molecule has 0 saturated carbocycles. The Morgan fingerprint density at radius 1 is 0.909 bits per heavy atom. The molecule has 1 heterocycles. The SMILES string of the molecule is CC(C)COc1ccc(/C=C2\SC(=NCc3ccccc3)N(Cc3ccccc3)C2=O)cc1. The highest BCUT2D eigenvalue weighted by Gasteiger charge is 2.33. The number of hydrogen-bond acceptors (Lipinski definition) is 4. The highest BCUT2D eigenvalue weighted by molar-refractivity contribution is 8.18. The molecule has 1 aliphatic heterocycles. The van der Waals surface area contributed by atoms with Crippen molar-refractivity contribution in [3.63, 3.8) is 0 Å². The van der Waals surface area contributed by atoms with E-state index in [-0.39, 0.29) is 5.91 Å². The van der Waals surface area contributed by atoms with Gasteiger partial charge in [-0.05, 0) is 52.6 Å². The van der Waals surface area contributed by atoms with E-state index in [4.69, 9.17) is 9.73 Å². The van der Waals surface area contributed by atoms with Gasteiger partial charge < -0.3 is 4.74 Å². The van der Waals surface area contributed by atoms with E-state index < -0.39 is 0 Å². The number of nitrogens with zero attached hydrogens (tertiary/aromatic N) is 2. The molecule has 0 aliphatic carbocycles. The molecular formula is C28H28N2O2S. The predicted octanol–water partition coefficient (Wildman–Crippen LogP) is 6.39. The molecule has 0 atom stereocenters. The van der Waals surface area contributed by atoms with Crippen molar-refractivity contribution in [3.8, 4) is 5.75 Å². The highest BCUT2D eigenvalue weighted by Crippen LogP contribution is 2.34. The van der Waals surface area contributed by atoms with Crippen LogP contribution in [0, 0.1) is 5.92 Å². The minimum atomic E-state index is -0.0178. The van der Waals surface area contributed by atoms with Crippen molar-refractivity contribution in [1.29, 1.82) is 0 Å². The number of aliphatic imine (C=N–C) groups is 1. The molecule has 33 heavy (non-hydrogen) atoms. The summed E-state index contributed by atoms with van der Waals surface area (Å²) in [5, 5.41) is 0.732. The Hall–Kier alpha value is -3.31. The first kappa shape index (κ1) is 22.9. The number of ether oxygens (including phenoxy) is 1. The third-order valence-electron chi connectivity index (χ3n) is 5.07. The first-order chi connectivity index (χ1) is 16.1. The van der Waals surface area contributed by atoms with Crippen molar-refractivity contribution in [2.45, 2.75) is 26.9 Å². The third-order valence-corrected chi connectivity index (χ3v) is 6.12. The molecule has 0 aromatic heterocycles. The van der Waals surface area contributed by atoms with E-state index in [0.29, 0.717) is 30.5 Å². The van der Waals surface area contributed by atoms with Gasteiger partial charge in [0, 0.05) is 0 Å². The Labute approximate surface area is 200 Å². The molecule has 0 radical (unpaired) electrons. The van der Waals surface area contributed by atoms with Gasteiger partial charge in [0.1, 0.15) is 5.75 Å². The van der Waals surface area contributed by atoms with Crippen LogP contribution in [0.5, 0.6) is 5.75 Å². The molecule has 3 aromatic rings. The Morgan fingerprint density at radius 2 is 1.55 bits per heavy atom. The molecule has 4 rings (SSSR count). The maximum absolute atomic E-state index is 13.3. The lowest BCUT2D eigenvalue weighted by Gasteiger charge is -2.15. The summed E-state index contributed by atoms with van der Waals surface area (Å²) in [6.45, 7) is 5.97. The van der Waals surface area contributed by atoms with Gasteiger partial charge in [0.05, 0.1) is 24.6 Å². The second kappa shape index (κ2) is 11.0. The molecule has 1 fully saturated rings. The molecule has 4 nitrogen and oxygen atoms in total. The van der Waals surface area contributed by atoms with Crippen molar-refractivity contribution in [3.05, 3.63) is 107 Å². The van der Waals surface area contributed by atoms with E-state index in [1.165, 1.54) is 11.8 Å². The number of rotatable bonds is 8. The van der Waals surface area contributed by atoms with Gasteiger partial charge in [-0.1, -0.05) is 86.6 Å². The fourth-order valence-corrected chi connectivity index (χ4v) is 4.32. The number of carbonyl (C=O) groups excluding carboxylic acids is 1. The molecule has 0 unspecified atom stereocenters. The third kappa shape index (κ3) is 6.36. The van der Waals surface area contributed by atoms with Crippen LogP contribution in [0.15, 0.2) is 94.8 Å². The number of carbonyl (C=O) groups is 1. The van der Waals surface area contributed by atoms with Crippen molar-refractivity contribution >= 4 is 28.9 Å². The van der Waals surface area contributed by atoms with Gasteiger partial charge >= 0.3 is 0 Å². The lowest BCUT2D eigenvalue weighted by atomic mass is 10.2. The van der Waals surface area contributed by atoms with Gasteiger partial charge in [-0.15, -0.1) is 0 Å². The molecule has 0 N–H and O–H groups in total. The van der Waals surface area contributed by atoms with E-state index >= 15 is 0 Å². The van der Waals surface area contributed by atoms with Crippen molar-refractivity contribution in [1.82, 2.24) is 4.90 Å². The zero-order valence-corrected chi connectivity index (χ0v) is 19.8. The minimum absolute atomic E-state index is 0.0178. The number of amides is 1. The Kier molecular flexibility index (Phi) is 7.63. The lowest BCUT2D eigenvalue weighted by molar-refractivity contribution is -0.122. The second-order valence-corrected chi connectivity index (χ2v) is 9.35. The smallest absolute Gasteiger partial charge is 0.267 e. The van der Waals surface area contributed by atoms with E-state index in [1.807, 2.05) is 91.0 Å². The first-order valence-corrected chi connectivity index (χ1v) is 12.0. The second-order valence-electron chi connectivity index (χ2n) is 8.35. The summed E-state index contributed by atoms with van der Waals surface area (Å²) in [5.41, 5.74) is 3.16. The molecular weight excluding hydrogens is 428 g/mol. The van der Waals surface area contributed by atoms with Gasteiger partial charge in [0.2, 0.25) is 0 Å². The Balaban J connectivity index is 1.55. The summed E-state index contributed by atoms with van der Waals surface area (Å²) < 4.78 is 5.77. The van der Waals surface area contributed by atoms with Gasteiger partial charge in [-0.2, -0.15) is 0 Å². The van der Waals surface area contributed by atoms with Crippen LogP contribution in [0.4, 0.5) is 0 Å². The van der Waals surface area contributed by atoms with Crippen molar-refractivity contribution in [2.75, 3.05) is 6.61 Å². The summed E-state index contributed by atoms with van der Waals surface area (Å²) in [7, 11) is 0. The number of hydrogen-bond donors (Lipinski definition) is 0. The maximum Gasteiger partial charge on any atom is 0.267 e. The summed E-state index contributed by atoms with van der Waals surface area (Å²) in [6, 6.07) is 28.0. The number of thioether (sulfide) groups is 1. The summed E-state index contributed by atoms with van der Waals surface area (Å²) in [5.74, 6) is 1.30. The average Bonchev–Trinajstić information content (AvgIpc) is 3.12. The largest absolute Gasteiger partial charge is 0.493 e. The van der Waals surface area contributed by atoms with E-state index in [1.54, 1.807) is 4.90 Å². The van der Waals surface area contributed by atoms with Crippen molar-refractivity contribution < 1.29 is 9.53 Å². The van der Waals surface area contributed by atoms with Crippen LogP contribution in [-0.4, -0.2) is 22.6 Å². The van der Waals surface area contributed by atoms with Crippen LogP contribution in [0.3, 0.4) is 0 Å². The number of amidine groups is 1. The van der Waals surface area contributed by atoms with Crippen LogP contribution in [0.2, 0.25) is 0 Å². The van der Waals surface area contributed by atoms with Crippen LogP contribution < -0.4 is 4.74 Å². The molecule has 168 valence electrons. The van der Waals surface area contributed by atoms with Crippen LogP contribution in [-0.2, 0) is 17.9 Å². The van der Waals surface area contributed by atoms with Crippen LogP contribution >= 0.6 is 11.8 Å². The fourth-order valence-electron chi connectivity index (χ4n) is 3.35. The molecule has 1 aliphatic rings. The van der Waals surface area contributed by atoms with Gasteiger partial charge in [-0.3, -0.25) is 14.7 Å². The standard InChI is InChI=1S/C28H28N2O2S/c1-21(2)20-32-25-15-13-22(14-16-25)17-26-27(31)30(19-24-11-7-4-8-12-24)28(33-26)29-18-23-9-5-3-6-10-23/h3-17,21H,18-20H2,1-2H3/b26-17-,29-28?. The zero-order valence-electron chi connectivity index (χ0n) is 19.0. The van der Waals surface area contributed by atoms with Gasteiger partial charge in [0.25, 0.3) is 5.91 Å². The van der Waals surface area contributed by atoms with E-state index in [2.05, 4.69) is 13.8 Å². The fraction of sp³-hybridized carbons (Fsp3) is 0.214. The maximum atomic E-state index is 13.3. The quantitative estimate of drug-likeness (QED) is 0.369. The molecule has 1 amide bonds. The summed E-state index contributed by atoms with van der Waals surface area (Å²) in [4.78, 5) is 20.6. The molecule has 5 heteroatoms. The van der Waals surface area contributed by atoms with Gasteiger partial charge in [0.15, 0.2) is 5.17 Å². The highest BCUT2D eigenvalue weighted by atomic mass is 32.2. The summed E-state index contributed by atoms with van der Waals surface area (Å²) >= 11 is 1.43. The minimum Gasteiger partial charge on any atom is -0.493 e. The molecule has 3 aromatic carbocycles. The first-order valence-electron chi connectivity index (χ1n) is 11.1. The summed E-state index contributed by atoms with van der Waals surface area (Å²) in [6.07, 6.45) is 1.93. The molecule has 0 bridgehead atoms. The average molecular weight is 457 g/mol. The topological polar surface area (TPSA) is 41.9 Å². The Bertz CT molecular complexity index is 1120. The molecule has 1 saturated heterocycles. The van der Waals surface area contributed by atoms with Crippen LogP contribution in [0.25, 0.3) is 6.08 Å². The normalized spacial score (nSPS) is 16.2. The van der Waals surface area contributed by atoms with Gasteiger partial charge in [-0.25, -0.2) is 0 Å². The van der Waals surface area contributed by atoms with E-state index in [9.17, 15) is 4.79 Å². The Morgan fingerprint density at radius 3 is 2.18 bits per heavy atom. The predicted molar refractivity (Wildman–Crippen MR) is 137 cm³/mol.